The molecule has 2 aromatic carbocycles. The Kier molecular flexibility index (Phi) is 6.22. The molecule has 8 nitrogen and oxygen atoms in total. The molecule has 0 spiro atoms. The Hall–Kier alpha value is -2.87. The lowest BCUT2D eigenvalue weighted by molar-refractivity contribution is -0.115. The zero-order chi connectivity index (χ0) is 21.0. The van der Waals surface area contributed by atoms with Crippen molar-refractivity contribution in [2.24, 2.45) is 5.14 Å². The van der Waals surface area contributed by atoms with Crippen LogP contribution < -0.4 is 10.5 Å². The number of thioether (sulfide) groups is 1. The summed E-state index contributed by atoms with van der Waals surface area (Å²) in [6, 6.07) is 15.4. The molecule has 150 valence electrons. The monoisotopic (exact) mass is 429 g/mol. The van der Waals surface area contributed by atoms with Crippen molar-refractivity contribution in [3.63, 3.8) is 0 Å². The van der Waals surface area contributed by atoms with Gasteiger partial charge in [-0.05, 0) is 43.3 Å². The highest BCUT2D eigenvalue weighted by Gasteiger charge is 2.20. The molecule has 0 saturated carbocycles. The molecule has 29 heavy (non-hydrogen) atoms. The van der Waals surface area contributed by atoms with E-state index in [4.69, 9.17) is 10.4 Å². The minimum Gasteiger partial charge on any atom is -0.325 e. The van der Waals surface area contributed by atoms with Gasteiger partial charge in [-0.3, -0.25) is 4.79 Å². The van der Waals surface area contributed by atoms with Gasteiger partial charge in [0.05, 0.1) is 33.7 Å². The molecule has 10 heteroatoms. The lowest BCUT2D eigenvalue weighted by atomic mass is 10.3. The van der Waals surface area contributed by atoms with Crippen LogP contribution in [0.2, 0.25) is 0 Å². The highest BCUT2D eigenvalue weighted by atomic mass is 32.2. The van der Waals surface area contributed by atoms with Crippen molar-refractivity contribution >= 4 is 44.4 Å². The molecule has 0 radical (unpaired) electrons. The summed E-state index contributed by atoms with van der Waals surface area (Å²) in [7, 11) is -3.78. The third-order valence-corrected chi connectivity index (χ3v) is 6.19. The van der Waals surface area contributed by atoms with Gasteiger partial charge in [-0.2, -0.15) is 5.26 Å². The average molecular weight is 430 g/mol. The molecule has 1 heterocycles. The standard InChI is InChI=1S/C19H19N5O3S2/c1-13(18(25)22-14-7-9-15(10-8-14)29(21,26)27)28-19-23-16-5-2-3-6-17(16)24(19)12-4-11-20/h2-3,5-10,13H,4,12H2,1H3,(H,22,25)(H2,21,26,27)/t13-/m0/s1. The van der Waals surface area contributed by atoms with E-state index in [2.05, 4.69) is 16.4 Å². The highest BCUT2D eigenvalue weighted by Crippen LogP contribution is 2.28. The molecule has 3 N–H and O–H groups in total. The third kappa shape index (κ3) is 4.95. The summed E-state index contributed by atoms with van der Waals surface area (Å²) in [6.07, 6.45) is 0.338. The van der Waals surface area contributed by atoms with E-state index < -0.39 is 15.3 Å². The quantitative estimate of drug-likeness (QED) is 0.555. The number of aromatic nitrogens is 2. The minimum atomic E-state index is -3.78. The van der Waals surface area contributed by atoms with Crippen molar-refractivity contribution in [3.8, 4) is 6.07 Å². The molecule has 0 bridgehead atoms. The van der Waals surface area contributed by atoms with Gasteiger partial charge in [0.15, 0.2) is 5.16 Å². The van der Waals surface area contributed by atoms with Crippen molar-refractivity contribution in [1.82, 2.24) is 9.55 Å². The summed E-state index contributed by atoms with van der Waals surface area (Å²) in [5, 5.41) is 17.0. The number of aryl methyl sites for hydroxylation is 1. The third-order valence-electron chi connectivity index (χ3n) is 4.17. The van der Waals surface area contributed by atoms with Gasteiger partial charge in [-0.25, -0.2) is 18.5 Å². The van der Waals surface area contributed by atoms with Crippen LogP contribution >= 0.6 is 11.8 Å². The van der Waals surface area contributed by atoms with Crippen molar-refractivity contribution in [1.29, 1.82) is 5.26 Å². The Morgan fingerprint density at radius 3 is 2.62 bits per heavy atom. The Morgan fingerprint density at radius 2 is 1.97 bits per heavy atom. The van der Waals surface area contributed by atoms with Crippen molar-refractivity contribution in [2.45, 2.75) is 35.2 Å². The molecule has 3 rings (SSSR count). The number of nitrogens with two attached hydrogens (primary N) is 1. The number of hydrogen-bond donors (Lipinski definition) is 2. The van der Waals surface area contributed by atoms with Gasteiger partial charge in [0.2, 0.25) is 15.9 Å². The first kappa shape index (κ1) is 20.9. The number of carbonyl (C=O) groups excluding carboxylic acids is 1. The fourth-order valence-electron chi connectivity index (χ4n) is 2.70. The second-order valence-electron chi connectivity index (χ2n) is 6.26. The maximum Gasteiger partial charge on any atom is 0.238 e. The van der Waals surface area contributed by atoms with E-state index in [1.807, 2.05) is 28.8 Å². The maximum atomic E-state index is 12.6. The van der Waals surface area contributed by atoms with E-state index in [0.29, 0.717) is 23.8 Å². The first-order chi connectivity index (χ1) is 13.8. The predicted molar refractivity (Wildman–Crippen MR) is 112 cm³/mol. The number of imidazole rings is 1. The topological polar surface area (TPSA) is 131 Å². The molecular formula is C19H19N5O3S2. The Bertz CT molecular complexity index is 1180. The Labute approximate surface area is 172 Å². The van der Waals surface area contributed by atoms with Gasteiger partial charge in [-0.1, -0.05) is 23.9 Å². The fraction of sp³-hybridized carbons (Fsp3) is 0.211. The number of rotatable bonds is 7. The van der Waals surface area contributed by atoms with E-state index in [-0.39, 0.29) is 10.8 Å². The molecule has 1 atom stereocenters. The average Bonchev–Trinajstić information content (AvgIpc) is 3.03. The predicted octanol–water partition coefficient (Wildman–Crippen LogP) is 2.72. The summed E-state index contributed by atoms with van der Waals surface area (Å²) in [5.74, 6) is -0.253. The summed E-state index contributed by atoms with van der Waals surface area (Å²) < 4.78 is 24.6. The van der Waals surface area contributed by atoms with E-state index in [1.165, 1.54) is 36.0 Å². The minimum absolute atomic E-state index is 0.0240. The van der Waals surface area contributed by atoms with Crippen molar-refractivity contribution in [2.75, 3.05) is 5.32 Å². The number of amides is 1. The van der Waals surface area contributed by atoms with Crippen molar-refractivity contribution < 1.29 is 13.2 Å². The van der Waals surface area contributed by atoms with E-state index in [1.54, 1.807) is 6.92 Å². The lowest BCUT2D eigenvalue weighted by Gasteiger charge is -2.13. The number of benzene rings is 2. The number of nitrogens with zero attached hydrogens (tertiary/aromatic N) is 3. The van der Waals surface area contributed by atoms with Crippen LogP contribution in [0.4, 0.5) is 5.69 Å². The Balaban J connectivity index is 1.75. The van der Waals surface area contributed by atoms with Crippen LogP contribution in [-0.2, 0) is 21.4 Å². The fourth-order valence-corrected chi connectivity index (χ4v) is 4.17. The first-order valence-corrected chi connectivity index (χ1v) is 11.1. The smallest absolute Gasteiger partial charge is 0.238 e. The number of nitrogens with one attached hydrogen (secondary N) is 1. The van der Waals surface area contributed by atoms with Gasteiger partial charge < -0.3 is 9.88 Å². The number of nitriles is 1. The number of fused-ring (bicyclic) bond motifs is 1. The van der Waals surface area contributed by atoms with Crippen LogP contribution in [0.5, 0.6) is 0 Å². The molecule has 1 aromatic heterocycles. The molecule has 0 unspecified atom stereocenters. The van der Waals surface area contributed by atoms with Crippen LogP contribution in [0.15, 0.2) is 58.6 Å². The molecular weight excluding hydrogens is 410 g/mol. The van der Waals surface area contributed by atoms with Gasteiger partial charge >= 0.3 is 0 Å². The van der Waals surface area contributed by atoms with Gasteiger partial charge in [0.1, 0.15) is 0 Å². The van der Waals surface area contributed by atoms with Crippen LogP contribution in [0.3, 0.4) is 0 Å². The zero-order valence-corrected chi connectivity index (χ0v) is 17.2. The molecule has 1 amide bonds. The molecule has 0 fully saturated rings. The number of carbonyl (C=O) groups is 1. The van der Waals surface area contributed by atoms with Crippen LogP contribution in [0.25, 0.3) is 11.0 Å². The number of para-hydroxylation sites is 2. The van der Waals surface area contributed by atoms with Crippen LogP contribution in [0.1, 0.15) is 13.3 Å². The van der Waals surface area contributed by atoms with Gasteiger partial charge in [0.25, 0.3) is 0 Å². The second-order valence-corrected chi connectivity index (χ2v) is 9.13. The summed E-state index contributed by atoms with van der Waals surface area (Å²) in [6.45, 7) is 2.25. The summed E-state index contributed by atoms with van der Waals surface area (Å²) in [5.41, 5.74) is 2.18. The van der Waals surface area contributed by atoms with E-state index in [9.17, 15) is 13.2 Å². The highest BCUT2D eigenvalue weighted by molar-refractivity contribution is 8.00. The van der Waals surface area contributed by atoms with Gasteiger partial charge in [-0.15, -0.1) is 0 Å². The van der Waals surface area contributed by atoms with E-state index in [0.717, 1.165) is 11.0 Å². The van der Waals surface area contributed by atoms with Crippen molar-refractivity contribution in [3.05, 3.63) is 48.5 Å². The second kappa shape index (κ2) is 8.65. The first-order valence-electron chi connectivity index (χ1n) is 8.72. The maximum absolute atomic E-state index is 12.6. The number of primary sulfonamides is 1. The largest absolute Gasteiger partial charge is 0.325 e. The molecule has 0 aliphatic rings. The number of anilines is 1. The normalized spacial score (nSPS) is 12.4. The molecule has 0 saturated heterocycles. The lowest BCUT2D eigenvalue weighted by Crippen LogP contribution is -2.23. The van der Waals surface area contributed by atoms with Crippen LogP contribution in [0, 0.1) is 11.3 Å². The number of hydrogen-bond acceptors (Lipinski definition) is 6. The summed E-state index contributed by atoms with van der Waals surface area (Å²) >= 11 is 1.30. The molecule has 0 aliphatic heterocycles. The Morgan fingerprint density at radius 1 is 1.28 bits per heavy atom. The molecule has 0 aliphatic carbocycles. The molecule has 3 aromatic rings. The van der Waals surface area contributed by atoms with Crippen LogP contribution in [-0.4, -0.2) is 29.1 Å². The SMILES string of the molecule is C[C@H](Sc1nc2ccccc2n1CCC#N)C(=O)Nc1ccc(S(N)(=O)=O)cc1. The zero-order valence-electron chi connectivity index (χ0n) is 15.6. The number of sulfonamides is 1. The summed E-state index contributed by atoms with van der Waals surface area (Å²) in [4.78, 5) is 17.1. The van der Waals surface area contributed by atoms with Gasteiger partial charge in [0, 0.05) is 12.2 Å². The van der Waals surface area contributed by atoms with E-state index >= 15 is 0 Å².